The van der Waals surface area contributed by atoms with Crippen molar-refractivity contribution in [2.75, 3.05) is 20.3 Å². The number of guanidine groups is 1. The fourth-order valence-electron chi connectivity index (χ4n) is 2.93. The highest BCUT2D eigenvalue weighted by Gasteiger charge is 2.47. The maximum absolute atomic E-state index is 12.2. The molecule has 2 unspecified atom stereocenters. The third kappa shape index (κ3) is 2.66. The molecule has 0 radical (unpaired) electrons. The number of aliphatic imine (C=N–C) groups is 1. The number of nitrogens with one attached hydrogen (secondary N) is 2. The quantitative estimate of drug-likeness (QED) is 0.736. The van der Waals surface area contributed by atoms with Crippen LogP contribution in [0.5, 0.6) is 0 Å². The molecule has 1 saturated heterocycles. The molecule has 2 N–H and O–H groups in total. The molecule has 2 atom stereocenters. The summed E-state index contributed by atoms with van der Waals surface area (Å²) in [6, 6.07) is 0. The Kier molecular flexibility index (Phi) is 4.22. The average molecular weight is 253 g/mol. The number of hydrogen-bond acceptors (Lipinski definition) is 3. The second kappa shape index (κ2) is 5.69. The summed E-state index contributed by atoms with van der Waals surface area (Å²) in [5.41, 5.74) is -0.398. The monoisotopic (exact) mass is 253 g/mol. The summed E-state index contributed by atoms with van der Waals surface area (Å²) in [5.74, 6) is 1.36. The summed E-state index contributed by atoms with van der Waals surface area (Å²) in [5, 5.41) is 6.18. The van der Waals surface area contributed by atoms with E-state index in [0.29, 0.717) is 25.0 Å². The molecule has 1 aliphatic carbocycles. The van der Waals surface area contributed by atoms with E-state index in [2.05, 4.69) is 22.5 Å². The van der Waals surface area contributed by atoms with E-state index in [4.69, 9.17) is 4.74 Å². The van der Waals surface area contributed by atoms with Gasteiger partial charge in [0.05, 0.1) is 13.2 Å². The number of hydrogen-bond donors (Lipinski definition) is 2. The van der Waals surface area contributed by atoms with Gasteiger partial charge in [-0.3, -0.25) is 15.1 Å². The van der Waals surface area contributed by atoms with Gasteiger partial charge >= 0.3 is 0 Å². The lowest BCUT2D eigenvalue weighted by Crippen LogP contribution is -2.50. The van der Waals surface area contributed by atoms with Crippen molar-refractivity contribution in [3.63, 3.8) is 0 Å². The molecule has 18 heavy (non-hydrogen) atoms. The van der Waals surface area contributed by atoms with Crippen LogP contribution in [0.4, 0.5) is 0 Å². The van der Waals surface area contributed by atoms with Crippen LogP contribution in [0.25, 0.3) is 0 Å². The molecular weight excluding hydrogens is 230 g/mol. The zero-order chi connectivity index (χ0) is 13.0. The summed E-state index contributed by atoms with van der Waals surface area (Å²) < 4.78 is 4.95. The molecular formula is C13H23N3O2. The molecule has 0 bridgehead atoms. The molecule has 5 nitrogen and oxygen atoms in total. The number of amides is 1. The van der Waals surface area contributed by atoms with Crippen LogP contribution in [0.2, 0.25) is 0 Å². The first kappa shape index (κ1) is 13.3. The molecule has 2 aliphatic rings. The molecule has 102 valence electrons. The molecule has 0 aromatic heterocycles. The summed E-state index contributed by atoms with van der Waals surface area (Å²) in [6.07, 6.45) is 5.35. The Hall–Kier alpha value is -1.10. The van der Waals surface area contributed by atoms with Crippen LogP contribution in [0.15, 0.2) is 4.99 Å². The van der Waals surface area contributed by atoms with Crippen molar-refractivity contribution in [3.05, 3.63) is 0 Å². The molecule has 1 heterocycles. The summed E-state index contributed by atoms with van der Waals surface area (Å²) >= 11 is 0. The Balaban J connectivity index is 2.01. The number of rotatable bonds is 4. The van der Waals surface area contributed by atoms with Gasteiger partial charge in [0, 0.05) is 7.11 Å². The highest BCUT2D eigenvalue weighted by Crippen LogP contribution is 2.35. The van der Waals surface area contributed by atoms with Crippen LogP contribution in [-0.4, -0.2) is 37.7 Å². The Morgan fingerprint density at radius 1 is 1.56 bits per heavy atom. The average Bonchev–Trinajstić information content (AvgIpc) is 2.66. The molecule has 5 heteroatoms. The molecule has 2 fully saturated rings. The van der Waals surface area contributed by atoms with E-state index in [1.54, 1.807) is 7.11 Å². The molecule has 0 aromatic rings. The number of carbonyl (C=O) groups is 1. The maximum Gasteiger partial charge on any atom is 0.252 e. The predicted molar refractivity (Wildman–Crippen MR) is 70.4 cm³/mol. The Morgan fingerprint density at radius 2 is 2.39 bits per heavy atom. The van der Waals surface area contributed by atoms with Gasteiger partial charge in [0.15, 0.2) is 5.96 Å². The van der Waals surface area contributed by atoms with Crippen molar-refractivity contribution >= 4 is 11.9 Å². The summed E-state index contributed by atoms with van der Waals surface area (Å²) in [6.45, 7) is 3.35. The highest BCUT2D eigenvalue weighted by atomic mass is 16.5. The van der Waals surface area contributed by atoms with E-state index < -0.39 is 5.54 Å². The first-order chi connectivity index (χ1) is 8.70. The van der Waals surface area contributed by atoms with E-state index in [1.807, 2.05) is 0 Å². The van der Waals surface area contributed by atoms with Gasteiger partial charge in [0.1, 0.15) is 5.54 Å². The van der Waals surface area contributed by atoms with Crippen molar-refractivity contribution in [2.24, 2.45) is 10.9 Å². The summed E-state index contributed by atoms with van der Waals surface area (Å²) in [7, 11) is 1.65. The van der Waals surface area contributed by atoms with Gasteiger partial charge in [0.25, 0.3) is 5.91 Å². The third-order valence-electron chi connectivity index (χ3n) is 4.02. The smallest absolute Gasteiger partial charge is 0.252 e. The minimum atomic E-state index is -0.398. The van der Waals surface area contributed by atoms with Gasteiger partial charge in [0.2, 0.25) is 0 Å². The molecule has 2 rings (SSSR count). The highest BCUT2D eigenvalue weighted by molar-refractivity contribution is 6.09. The normalized spacial score (nSPS) is 33.8. The lowest BCUT2D eigenvalue weighted by atomic mass is 9.75. The number of nitrogens with zero attached hydrogens (tertiary/aromatic N) is 1. The molecule has 1 amide bonds. The zero-order valence-electron chi connectivity index (χ0n) is 11.3. The zero-order valence-corrected chi connectivity index (χ0v) is 11.3. The largest absolute Gasteiger partial charge is 0.383 e. The van der Waals surface area contributed by atoms with Gasteiger partial charge < -0.3 is 10.1 Å². The maximum atomic E-state index is 12.2. The van der Waals surface area contributed by atoms with Crippen molar-refractivity contribution in [2.45, 2.75) is 44.6 Å². The Labute approximate surface area is 108 Å². The van der Waals surface area contributed by atoms with Crippen LogP contribution in [0.1, 0.15) is 39.0 Å². The fourth-order valence-corrected chi connectivity index (χ4v) is 2.93. The Bertz CT molecular complexity index is 343. The number of methoxy groups -OCH3 is 1. The van der Waals surface area contributed by atoms with Gasteiger partial charge in [-0.25, -0.2) is 0 Å². The lowest BCUT2D eigenvalue weighted by molar-refractivity contribution is -0.125. The first-order valence-corrected chi connectivity index (χ1v) is 6.83. The second-order valence-electron chi connectivity index (χ2n) is 5.25. The number of ether oxygens (including phenoxy) is 1. The standard InChI is InChI=1S/C13H23N3O2/c1-3-10-5-4-6-13(9-10)11(17)15-12(16-13)14-7-8-18-2/h10H,3-9H2,1-2H3,(H2,14,15,16,17). The topological polar surface area (TPSA) is 62.7 Å². The minimum Gasteiger partial charge on any atom is -0.383 e. The van der Waals surface area contributed by atoms with Crippen LogP contribution >= 0.6 is 0 Å². The Morgan fingerprint density at radius 3 is 3.11 bits per heavy atom. The van der Waals surface area contributed by atoms with Crippen LogP contribution in [0, 0.1) is 5.92 Å². The first-order valence-electron chi connectivity index (χ1n) is 6.83. The van der Waals surface area contributed by atoms with Crippen LogP contribution in [-0.2, 0) is 9.53 Å². The van der Waals surface area contributed by atoms with Crippen molar-refractivity contribution < 1.29 is 9.53 Å². The number of carbonyl (C=O) groups excluding carboxylic acids is 1. The van der Waals surface area contributed by atoms with Crippen molar-refractivity contribution in [1.82, 2.24) is 10.6 Å². The van der Waals surface area contributed by atoms with E-state index in [-0.39, 0.29) is 5.91 Å². The SMILES string of the molecule is CCC1CCCC2(C1)NC(=NCCOC)NC2=O. The third-order valence-corrected chi connectivity index (χ3v) is 4.02. The fraction of sp³-hybridized carbons (Fsp3) is 0.846. The van der Waals surface area contributed by atoms with Crippen molar-refractivity contribution in [1.29, 1.82) is 0 Å². The van der Waals surface area contributed by atoms with E-state index in [1.165, 1.54) is 6.42 Å². The van der Waals surface area contributed by atoms with Gasteiger partial charge in [-0.2, -0.15) is 0 Å². The molecule has 1 spiro atoms. The van der Waals surface area contributed by atoms with Crippen LogP contribution in [0.3, 0.4) is 0 Å². The summed E-state index contributed by atoms with van der Waals surface area (Å²) in [4.78, 5) is 16.5. The van der Waals surface area contributed by atoms with Gasteiger partial charge in [-0.1, -0.05) is 26.2 Å². The van der Waals surface area contributed by atoms with Gasteiger partial charge in [-0.15, -0.1) is 0 Å². The van der Waals surface area contributed by atoms with E-state index in [0.717, 1.165) is 25.7 Å². The minimum absolute atomic E-state index is 0.0943. The van der Waals surface area contributed by atoms with E-state index in [9.17, 15) is 4.79 Å². The molecule has 0 aromatic carbocycles. The second-order valence-corrected chi connectivity index (χ2v) is 5.25. The van der Waals surface area contributed by atoms with Crippen LogP contribution < -0.4 is 10.6 Å². The lowest BCUT2D eigenvalue weighted by Gasteiger charge is -2.35. The van der Waals surface area contributed by atoms with Crippen molar-refractivity contribution in [3.8, 4) is 0 Å². The molecule has 1 aliphatic heterocycles. The van der Waals surface area contributed by atoms with Gasteiger partial charge in [-0.05, 0) is 18.8 Å². The van der Waals surface area contributed by atoms with E-state index >= 15 is 0 Å². The predicted octanol–water partition coefficient (Wildman–Crippen LogP) is 1.05. The molecule has 1 saturated carbocycles.